The maximum atomic E-state index is 11.6. The molecule has 0 aliphatic carbocycles. The molecular formula is C14H21ClN2O2S. The Labute approximate surface area is 129 Å². The topological polar surface area (TPSA) is 65.2 Å². The van der Waals surface area contributed by atoms with Crippen LogP contribution in [0.2, 0.25) is 5.02 Å². The lowest BCUT2D eigenvalue weighted by atomic mass is 9.96. The highest BCUT2D eigenvalue weighted by atomic mass is 35.5. The maximum absolute atomic E-state index is 11.6. The van der Waals surface area contributed by atoms with Gasteiger partial charge in [-0.3, -0.25) is 4.79 Å². The summed E-state index contributed by atoms with van der Waals surface area (Å²) in [7, 11) is 0. The largest absolute Gasteiger partial charge is 0.465 e. The van der Waals surface area contributed by atoms with Crippen molar-refractivity contribution in [1.82, 2.24) is 4.98 Å². The van der Waals surface area contributed by atoms with Gasteiger partial charge in [0.25, 0.3) is 0 Å². The molecule has 0 amide bonds. The van der Waals surface area contributed by atoms with E-state index < -0.39 is 5.54 Å². The zero-order valence-corrected chi connectivity index (χ0v) is 13.5. The number of unbranched alkanes of at least 4 members (excludes halogenated alkanes) is 1. The van der Waals surface area contributed by atoms with Crippen molar-refractivity contribution in [2.75, 3.05) is 12.4 Å². The molecule has 6 heteroatoms. The first-order valence-electron chi connectivity index (χ1n) is 6.66. The second kappa shape index (κ2) is 8.49. The SMILES string of the molecule is CCOC(=O)C(C)(N)CCCCSc1ccc(Cl)cn1. The number of nitrogens with zero attached hydrogens (tertiary/aromatic N) is 1. The van der Waals surface area contributed by atoms with Crippen LogP contribution in [0, 0.1) is 0 Å². The predicted octanol–water partition coefficient (Wildman–Crippen LogP) is 3.28. The summed E-state index contributed by atoms with van der Waals surface area (Å²) in [4.78, 5) is 15.8. The molecule has 0 fully saturated rings. The second-order valence-corrected chi connectivity index (χ2v) is 6.31. The van der Waals surface area contributed by atoms with E-state index >= 15 is 0 Å². The number of rotatable bonds is 8. The minimum atomic E-state index is -0.890. The van der Waals surface area contributed by atoms with E-state index in [-0.39, 0.29) is 5.97 Å². The molecule has 2 N–H and O–H groups in total. The first-order valence-corrected chi connectivity index (χ1v) is 8.02. The fourth-order valence-corrected chi connectivity index (χ4v) is 2.58. The molecule has 0 aliphatic heterocycles. The Morgan fingerprint density at radius 1 is 1.50 bits per heavy atom. The van der Waals surface area contributed by atoms with Crippen LogP contribution >= 0.6 is 23.4 Å². The number of halogens is 1. The van der Waals surface area contributed by atoms with Gasteiger partial charge in [-0.15, -0.1) is 11.8 Å². The lowest BCUT2D eigenvalue weighted by Crippen LogP contribution is -2.46. The maximum Gasteiger partial charge on any atom is 0.325 e. The third-order valence-corrected chi connectivity index (χ3v) is 4.04. The van der Waals surface area contributed by atoms with Crippen LogP contribution < -0.4 is 5.73 Å². The molecule has 20 heavy (non-hydrogen) atoms. The van der Waals surface area contributed by atoms with E-state index in [4.69, 9.17) is 22.1 Å². The standard InChI is InChI=1S/C14H21ClN2O2S/c1-3-19-13(18)14(2,16)8-4-5-9-20-12-7-6-11(15)10-17-12/h6-7,10H,3-5,8-9,16H2,1-2H3. The summed E-state index contributed by atoms with van der Waals surface area (Å²) in [6, 6.07) is 3.73. The monoisotopic (exact) mass is 316 g/mol. The smallest absolute Gasteiger partial charge is 0.325 e. The van der Waals surface area contributed by atoms with Gasteiger partial charge >= 0.3 is 5.97 Å². The predicted molar refractivity (Wildman–Crippen MR) is 83.0 cm³/mol. The summed E-state index contributed by atoms with van der Waals surface area (Å²) in [5.74, 6) is 0.611. The van der Waals surface area contributed by atoms with Gasteiger partial charge in [-0.1, -0.05) is 18.0 Å². The molecule has 0 radical (unpaired) electrons. The summed E-state index contributed by atoms with van der Waals surface area (Å²) < 4.78 is 4.95. The van der Waals surface area contributed by atoms with Gasteiger partial charge in [0.05, 0.1) is 16.7 Å². The molecule has 1 atom stereocenters. The molecule has 1 unspecified atom stereocenters. The van der Waals surface area contributed by atoms with Crippen LogP contribution in [0.3, 0.4) is 0 Å². The number of thioether (sulfide) groups is 1. The molecule has 4 nitrogen and oxygen atoms in total. The van der Waals surface area contributed by atoms with Crippen LogP contribution in [0.25, 0.3) is 0 Å². The number of ether oxygens (including phenoxy) is 1. The van der Waals surface area contributed by atoms with Gasteiger partial charge in [0.1, 0.15) is 5.54 Å². The molecule has 0 aromatic carbocycles. The van der Waals surface area contributed by atoms with E-state index in [9.17, 15) is 4.79 Å². The highest BCUT2D eigenvalue weighted by Gasteiger charge is 2.28. The van der Waals surface area contributed by atoms with Gasteiger partial charge in [-0.25, -0.2) is 4.98 Å². The zero-order chi connectivity index (χ0) is 15.0. The lowest BCUT2D eigenvalue weighted by Gasteiger charge is -2.21. The molecule has 0 aliphatic rings. The van der Waals surface area contributed by atoms with Crippen LogP contribution in [-0.4, -0.2) is 28.9 Å². The van der Waals surface area contributed by atoms with Gasteiger partial charge in [-0.2, -0.15) is 0 Å². The van der Waals surface area contributed by atoms with E-state index in [1.807, 2.05) is 12.1 Å². The van der Waals surface area contributed by atoms with Crippen molar-refractivity contribution in [3.8, 4) is 0 Å². The van der Waals surface area contributed by atoms with E-state index in [0.29, 0.717) is 18.1 Å². The number of nitrogens with two attached hydrogens (primary N) is 1. The van der Waals surface area contributed by atoms with Crippen molar-refractivity contribution < 1.29 is 9.53 Å². The molecule has 1 rings (SSSR count). The number of carbonyl (C=O) groups excluding carboxylic acids is 1. The highest BCUT2D eigenvalue weighted by molar-refractivity contribution is 7.99. The summed E-state index contributed by atoms with van der Waals surface area (Å²) in [6.07, 6.45) is 4.12. The molecule has 0 spiro atoms. The molecule has 112 valence electrons. The van der Waals surface area contributed by atoms with Crippen LogP contribution in [0.15, 0.2) is 23.4 Å². The third-order valence-electron chi connectivity index (χ3n) is 2.78. The number of hydrogen-bond acceptors (Lipinski definition) is 5. The van der Waals surface area contributed by atoms with Gasteiger partial charge in [0.15, 0.2) is 0 Å². The zero-order valence-electron chi connectivity index (χ0n) is 11.9. The Hall–Kier alpha value is -0.780. The average Bonchev–Trinajstić information content (AvgIpc) is 2.40. The Morgan fingerprint density at radius 3 is 2.85 bits per heavy atom. The van der Waals surface area contributed by atoms with Crippen molar-refractivity contribution >= 4 is 29.3 Å². The van der Waals surface area contributed by atoms with Gasteiger partial charge in [0.2, 0.25) is 0 Å². The van der Waals surface area contributed by atoms with Crippen LogP contribution in [0.5, 0.6) is 0 Å². The Bertz CT molecular complexity index is 424. The molecule has 1 aromatic rings. The quantitative estimate of drug-likeness (QED) is 0.453. The second-order valence-electron chi connectivity index (χ2n) is 4.76. The molecule has 1 heterocycles. The highest BCUT2D eigenvalue weighted by Crippen LogP contribution is 2.20. The summed E-state index contributed by atoms with van der Waals surface area (Å²) in [5, 5.41) is 1.60. The molecular weight excluding hydrogens is 296 g/mol. The van der Waals surface area contributed by atoms with Crippen LogP contribution in [-0.2, 0) is 9.53 Å². The fraction of sp³-hybridized carbons (Fsp3) is 0.571. The summed E-state index contributed by atoms with van der Waals surface area (Å²) >= 11 is 7.44. The van der Waals surface area contributed by atoms with Gasteiger partial charge in [0, 0.05) is 6.20 Å². The first-order chi connectivity index (χ1) is 9.45. The number of hydrogen-bond donors (Lipinski definition) is 1. The van der Waals surface area contributed by atoms with Gasteiger partial charge < -0.3 is 10.5 Å². The van der Waals surface area contributed by atoms with Crippen molar-refractivity contribution in [1.29, 1.82) is 0 Å². The minimum Gasteiger partial charge on any atom is -0.465 e. The van der Waals surface area contributed by atoms with E-state index in [1.54, 1.807) is 31.8 Å². The summed E-state index contributed by atoms with van der Waals surface area (Å²) in [5.41, 5.74) is 5.06. The lowest BCUT2D eigenvalue weighted by molar-refractivity contribution is -0.149. The summed E-state index contributed by atoms with van der Waals surface area (Å²) in [6.45, 7) is 3.87. The number of aromatic nitrogens is 1. The fourth-order valence-electron chi connectivity index (χ4n) is 1.62. The molecule has 0 saturated heterocycles. The van der Waals surface area contributed by atoms with Crippen molar-refractivity contribution in [3.05, 3.63) is 23.4 Å². The van der Waals surface area contributed by atoms with Crippen molar-refractivity contribution in [3.63, 3.8) is 0 Å². The van der Waals surface area contributed by atoms with Crippen LogP contribution in [0.4, 0.5) is 0 Å². The van der Waals surface area contributed by atoms with E-state index in [0.717, 1.165) is 23.6 Å². The molecule has 1 aromatic heterocycles. The minimum absolute atomic E-state index is 0.327. The van der Waals surface area contributed by atoms with Crippen molar-refractivity contribution in [2.45, 2.75) is 43.7 Å². The Balaban J connectivity index is 2.21. The van der Waals surface area contributed by atoms with Crippen LogP contribution in [0.1, 0.15) is 33.1 Å². The third kappa shape index (κ3) is 6.11. The number of pyridine rings is 1. The molecule has 0 saturated carbocycles. The van der Waals surface area contributed by atoms with E-state index in [1.165, 1.54) is 0 Å². The average molecular weight is 317 g/mol. The first kappa shape index (κ1) is 17.3. The number of esters is 1. The van der Waals surface area contributed by atoms with Crippen molar-refractivity contribution in [2.24, 2.45) is 5.73 Å². The Morgan fingerprint density at radius 2 is 2.25 bits per heavy atom. The number of carbonyl (C=O) groups is 1. The normalized spacial score (nSPS) is 13.8. The Kier molecular flexibility index (Phi) is 7.34. The van der Waals surface area contributed by atoms with Gasteiger partial charge in [-0.05, 0) is 44.6 Å². The molecule has 0 bridgehead atoms. The van der Waals surface area contributed by atoms with E-state index in [2.05, 4.69) is 4.98 Å².